The lowest BCUT2D eigenvalue weighted by atomic mass is 9.99. The maximum atomic E-state index is 5.30. The van der Waals surface area contributed by atoms with Gasteiger partial charge in [0, 0.05) is 6.04 Å². The Morgan fingerprint density at radius 3 is 2.50 bits per heavy atom. The number of rotatable bonds is 10. The summed E-state index contributed by atoms with van der Waals surface area (Å²) in [4.78, 5) is 0. The molecule has 1 N–H and O–H groups in total. The number of ether oxygens (including phenoxy) is 1. The van der Waals surface area contributed by atoms with Crippen molar-refractivity contribution in [2.24, 2.45) is 0 Å². The SMILES string of the molecule is CCCCCCCC(NCC)c1ccc(OC)c(Br)c1. The minimum absolute atomic E-state index is 0.448. The van der Waals surface area contributed by atoms with Crippen molar-refractivity contribution < 1.29 is 4.74 Å². The number of benzene rings is 1. The van der Waals surface area contributed by atoms with Crippen LogP contribution >= 0.6 is 15.9 Å². The lowest BCUT2D eigenvalue weighted by molar-refractivity contribution is 0.411. The zero-order chi connectivity index (χ0) is 14.8. The molecule has 1 atom stereocenters. The second-order valence-electron chi connectivity index (χ2n) is 5.21. The van der Waals surface area contributed by atoms with Crippen LogP contribution in [-0.2, 0) is 0 Å². The topological polar surface area (TPSA) is 21.3 Å². The van der Waals surface area contributed by atoms with Gasteiger partial charge >= 0.3 is 0 Å². The van der Waals surface area contributed by atoms with Crippen LogP contribution in [-0.4, -0.2) is 13.7 Å². The summed E-state index contributed by atoms with van der Waals surface area (Å²) in [5.41, 5.74) is 1.34. The van der Waals surface area contributed by atoms with E-state index in [2.05, 4.69) is 47.2 Å². The Morgan fingerprint density at radius 1 is 1.15 bits per heavy atom. The van der Waals surface area contributed by atoms with E-state index in [0.29, 0.717) is 6.04 Å². The zero-order valence-electron chi connectivity index (χ0n) is 13.0. The Morgan fingerprint density at radius 2 is 1.90 bits per heavy atom. The molecule has 2 nitrogen and oxygen atoms in total. The molecule has 0 radical (unpaired) electrons. The lowest BCUT2D eigenvalue weighted by Gasteiger charge is -2.19. The highest BCUT2D eigenvalue weighted by Crippen LogP contribution is 2.29. The van der Waals surface area contributed by atoms with Gasteiger partial charge in [0.2, 0.25) is 0 Å². The van der Waals surface area contributed by atoms with Crippen LogP contribution in [0.15, 0.2) is 22.7 Å². The summed E-state index contributed by atoms with van der Waals surface area (Å²) >= 11 is 3.58. The summed E-state index contributed by atoms with van der Waals surface area (Å²) in [6.45, 7) is 5.43. The van der Waals surface area contributed by atoms with E-state index < -0.39 is 0 Å². The van der Waals surface area contributed by atoms with Crippen molar-refractivity contribution in [1.29, 1.82) is 0 Å². The van der Waals surface area contributed by atoms with Gasteiger partial charge in [0.15, 0.2) is 0 Å². The third kappa shape index (κ3) is 5.84. The maximum Gasteiger partial charge on any atom is 0.133 e. The second-order valence-corrected chi connectivity index (χ2v) is 6.06. The van der Waals surface area contributed by atoms with Crippen molar-refractivity contribution >= 4 is 15.9 Å². The van der Waals surface area contributed by atoms with Crippen LogP contribution in [0.25, 0.3) is 0 Å². The van der Waals surface area contributed by atoms with Gasteiger partial charge in [0.1, 0.15) is 5.75 Å². The molecule has 114 valence electrons. The van der Waals surface area contributed by atoms with Crippen molar-refractivity contribution in [3.8, 4) is 5.75 Å². The van der Waals surface area contributed by atoms with E-state index in [-0.39, 0.29) is 0 Å². The van der Waals surface area contributed by atoms with Gasteiger partial charge in [-0.3, -0.25) is 0 Å². The molecule has 0 fully saturated rings. The van der Waals surface area contributed by atoms with Crippen molar-refractivity contribution in [2.45, 2.75) is 58.4 Å². The van der Waals surface area contributed by atoms with Gasteiger partial charge in [0.25, 0.3) is 0 Å². The van der Waals surface area contributed by atoms with E-state index in [9.17, 15) is 0 Å². The Bertz CT molecular complexity index is 381. The molecule has 0 aliphatic heterocycles. The number of hydrogen-bond acceptors (Lipinski definition) is 2. The number of methoxy groups -OCH3 is 1. The first-order valence-corrected chi connectivity index (χ1v) is 8.59. The first kappa shape index (κ1) is 17.5. The van der Waals surface area contributed by atoms with Gasteiger partial charge in [0.05, 0.1) is 11.6 Å². The Labute approximate surface area is 132 Å². The number of unbranched alkanes of at least 4 members (excludes halogenated alkanes) is 4. The Balaban J connectivity index is 2.58. The number of hydrogen-bond donors (Lipinski definition) is 1. The first-order chi connectivity index (χ1) is 9.72. The van der Waals surface area contributed by atoms with Crippen LogP contribution in [0, 0.1) is 0 Å². The predicted molar refractivity (Wildman–Crippen MR) is 90.5 cm³/mol. The third-order valence-electron chi connectivity index (χ3n) is 3.63. The van der Waals surface area contributed by atoms with Gasteiger partial charge < -0.3 is 10.1 Å². The molecule has 0 aliphatic carbocycles. The van der Waals surface area contributed by atoms with Crippen molar-refractivity contribution in [1.82, 2.24) is 5.32 Å². The van der Waals surface area contributed by atoms with Gasteiger partial charge in [-0.25, -0.2) is 0 Å². The summed E-state index contributed by atoms with van der Waals surface area (Å²) in [6.07, 6.45) is 7.87. The van der Waals surface area contributed by atoms with E-state index in [0.717, 1.165) is 16.8 Å². The second kappa shape index (κ2) is 10.2. The molecule has 0 amide bonds. The molecule has 1 unspecified atom stereocenters. The molecular weight excluding hydrogens is 314 g/mol. The monoisotopic (exact) mass is 341 g/mol. The van der Waals surface area contributed by atoms with Crippen LogP contribution in [0.2, 0.25) is 0 Å². The number of halogens is 1. The van der Waals surface area contributed by atoms with E-state index in [1.54, 1.807) is 7.11 Å². The molecule has 0 aromatic heterocycles. The minimum atomic E-state index is 0.448. The quantitative estimate of drug-likeness (QED) is 0.569. The Kier molecular flexibility index (Phi) is 8.95. The molecule has 0 saturated heterocycles. The maximum absolute atomic E-state index is 5.30. The summed E-state index contributed by atoms with van der Waals surface area (Å²) in [5, 5.41) is 3.59. The molecule has 1 aromatic carbocycles. The minimum Gasteiger partial charge on any atom is -0.496 e. The van der Waals surface area contributed by atoms with Crippen LogP contribution in [0.1, 0.15) is 64.0 Å². The molecule has 0 aliphatic rings. The third-order valence-corrected chi connectivity index (χ3v) is 4.24. The van der Waals surface area contributed by atoms with Crippen LogP contribution in [0.3, 0.4) is 0 Å². The molecule has 0 saturated carbocycles. The van der Waals surface area contributed by atoms with Crippen molar-refractivity contribution in [3.63, 3.8) is 0 Å². The van der Waals surface area contributed by atoms with Crippen LogP contribution < -0.4 is 10.1 Å². The molecule has 20 heavy (non-hydrogen) atoms. The summed E-state index contributed by atoms with van der Waals surface area (Å²) < 4.78 is 6.33. The van der Waals surface area contributed by atoms with E-state index in [4.69, 9.17) is 4.74 Å². The fourth-order valence-corrected chi connectivity index (χ4v) is 3.04. The molecule has 0 bridgehead atoms. The fourth-order valence-electron chi connectivity index (χ4n) is 2.48. The lowest BCUT2D eigenvalue weighted by Crippen LogP contribution is -2.20. The van der Waals surface area contributed by atoms with Crippen molar-refractivity contribution in [3.05, 3.63) is 28.2 Å². The molecular formula is C17H28BrNO. The average molecular weight is 342 g/mol. The smallest absolute Gasteiger partial charge is 0.133 e. The first-order valence-electron chi connectivity index (χ1n) is 7.79. The Hall–Kier alpha value is -0.540. The van der Waals surface area contributed by atoms with E-state index >= 15 is 0 Å². The molecule has 0 spiro atoms. The van der Waals surface area contributed by atoms with Crippen molar-refractivity contribution in [2.75, 3.05) is 13.7 Å². The standard InChI is InChI=1S/C17H28BrNO/c1-4-6-7-8-9-10-16(19-5-2)14-11-12-17(20-3)15(18)13-14/h11-13,16,19H,4-10H2,1-3H3. The largest absolute Gasteiger partial charge is 0.496 e. The van der Waals surface area contributed by atoms with Gasteiger partial charge in [-0.2, -0.15) is 0 Å². The number of nitrogens with one attached hydrogen (secondary N) is 1. The summed E-state index contributed by atoms with van der Waals surface area (Å²) in [5.74, 6) is 0.895. The molecule has 3 heteroatoms. The fraction of sp³-hybridized carbons (Fsp3) is 0.647. The normalized spacial score (nSPS) is 12.4. The van der Waals surface area contributed by atoms with E-state index in [1.807, 2.05) is 6.07 Å². The average Bonchev–Trinajstić information content (AvgIpc) is 2.46. The van der Waals surface area contributed by atoms with Crippen LogP contribution in [0.5, 0.6) is 5.75 Å². The molecule has 1 aromatic rings. The highest BCUT2D eigenvalue weighted by atomic mass is 79.9. The molecule has 0 heterocycles. The van der Waals surface area contributed by atoms with Gasteiger partial charge in [-0.1, -0.05) is 52.0 Å². The van der Waals surface area contributed by atoms with Gasteiger partial charge in [-0.15, -0.1) is 0 Å². The summed E-state index contributed by atoms with van der Waals surface area (Å²) in [6, 6.07) is 6.84. The highest BCUT2D eigenvalue weighted by Gasteiger charge is 2.12. The van der Waals surface area contributed by atoms with E-state index in [1.165, 1.54) is 44.1 Å². The van der Waals surface area contributed by atoms with Gasteiger partial charge in [-0.05, 0) is 46.6 Å². The van der Waals surface area contributed by atoms with Crippen LogP contribution in [0.4, 0.5) is 0 Å². The zero-order valence-corrected chi connectivity index (χ0v) is 14.6. The highest BCUT2D eigenvalue weighted by molar-refractivity contribution is 9.10. The summed E-state index contributed by atoms with van der Waals surface area (Å²) in [7, 11) is 1.70. The molecule has 1 rings (SSSR count). The predicted octanol–water partition coefficient (Wildman–Crippen LogP) is 5.47.